The van der Waals surface area contributed by atoms with Gasteiger partial charge in [-0.25, -0.2) is 22.3 Å². The lowest BCUT2D eigenvalue weighted by molar-refractivity contribution is -0.139. The fourth-order valence-corrected chi connectivity index (χ4v) is 3.65. The maximum Gasteiger partial charge on any atom is 0.419 e. The lowest BCUT2D eigenvalue weighted by atomic mass is 10.1. The molecule has 1 heterocycles. The predicted molar refractivity (Wildman–Crippen MR) is 96.8 cm³/mol. The zero-order valence-corrected chi connectivity index (χ0v) is 16.5. The Morgan fingerprint density at radius 3 is 2.21 bits per heavy atom. The zero-order valence-electron chi connectivity index (χ0n) is 15.7. The van der Waals surface area contributed by atoms with Crippen LogP contribution in [0.1, 0.15) is 39.2 Å². The summed E-state index contributed by atoms with van der Waals surface area (Å²) < 4.78 is 77.7. The van der Waals surface area contributed by atoms with Gasteiger partial charge in [0.1, 0.15) is 5.82 Å². The van der Waals surface area contributed by atoms with E-state index in [-0.39, 0.29) is 24.8 Å². The molecule has 1 saturated heterocycles. The molecular formula is C17H23F4N3O3S. The molecule has 0 unspecified atom stereocenters. The van der Waals surface area contributed by atoms with Crippen LogP contribution in [-0.4, -0.2) is 43.2 Å². The number of amides is 2. The third kappa shape index (κ3) is 5.34. The van der Waals surface area contributed by atoms with Crippen LogP contribution in [0.2, 0.25) is 0 Å². The Labute approximate surface area is 161 Å². The summed E-state index contributed by atoms with van der Waals surface area (Å²) in [7, 11) is -3.52. The summed E-state index contributed by atoms with van der Waals surface area (Å²) in [6.45, 7) is 5.20. The molecule has 1 aromatic rings. The first-order chi connectivity index (χ1) is 12.7. The lowest BCUT2D eigenvalue weighted by Gasteiger charge is -2.33. The number of anilines is 1. The van der Waals surface area contributed by atoms with Gasteiger partial charge in [-0.1, -0.05) is 0 Å². The third-order valence-electron chi connectivity index (χ3n) is 4.43. The van der Waals surface area contributed by atoms with Crippen molar-refractivity contribution in [3.05, 3.63) is 29.6 Å². The van der Waals surface area contributed by atoms with Crippen molar-refractivity contribution in [3.8, 4) is 0 Å². The SMILES string of the molecule is CC(C)(C)S(=O)(=O)NC1CCN(C(=O)Nc2ccc(F)c(C(F)(F)F)c2)CC1. The molecule has 11 heteroatoms. The second-order valence-corrected chi connectivity index (χ2v) is 10.1. The number of benzene rings is 1. The molecule has 2 amide bonds. The molecule has 0 atom stereocenters. The monoisotopic (exact) mass is 425 g/mol. The number of nitrogens with zero attached hydrogens (tertiary/aromatic N) is 1. The number of halogens is 4. The van der Waals surface area contributed by atoms with Crippen molar-refractivity contribution in [3.63, 3.8) is 0 Å². The molecule has 1 aromatic carbocycles. The molecule has 2 rings (SSSR count). The maximum absolute atomic E-state index is 13.3. The van der Waals surface area contributed by atoms with Crippen molar-refractivity contribution in [2.75, 3.05) is 18.4 Å². The number of rotatable bonds is 3. The van der Waals surface area contributed by atoms with E-state index in [2.05, 4.69) is 10.0 Å². The van der Waals surface area contributed by atoms with Crippen molar-refractivity contribution < 1.29 is 30.8 Å². The molecule has 2 N–H and O–H groups in total. The Morgan fingerprint density at radius 1 is 1.14 bits per heavy atom. The van der Waals surface area contributed by atoms with Crippen LogP contribution in [0.15, 0.2) is 18.2 Å². The van der Waals surface area contributed by atoms with Crippen LogP contribution < -0.4 is 10.0 Å². The molecule has 1 fully saturated rings. The Morgan fingerprint density at radius 2 is 1.71 bits per heavy atom. The van der Waals surface area contributed by atoms with Gasteiger partial charge in [-0.3, -0.25) is 0 Å². The molecule has 6 nitrogen and oxygen atoms in total. The highest BCUT2D eigenvalue weighted by Gasteiger charge is 2.35. The van der Waals surface area contributed by atoms with Crippen molar-refractivity contribution in [1.82, 2.24) is 9.62 Å². The number of carbonyl (C=O) groups is 1. The van der Waals surface area contributed by atoms with E-state index in [4.69, 9.17) is 0 Å². The van der Waals surface area contributed by atoms with E-state index in [1.54, 1.807) is 20.8 Å². The van der Waals surface area contributed by atoms with Crippen molar-refractivity contribution in [2.45, 2.75) is 50.6 Å². The summed E-state index contributed by atoms with van der Waals surface area (Å²) in [5.74, 6) is -1.42. The Bertz CT molecular complexity index is 827. The van der Waals surface area contributed by atoms with Gasteiger partial charge in [0.25, 0.3) is 0 Å². The van der Waals surface area contributed by atoms with Gasteiger partial charge in [0.15, 0.2) is 0 Å². The Hall–Kier alpha value is -1.88. The molecule has 0 aromatic heterocycles. The zero-order chi connectivity index (χ0) is 21.3. The summed E-state index contributed by atoms with van der Waals surface area (Å²) in [6.07, 6.45) is -4.12. The first-order valence-corrected chi connectivity index (χ1v) is 10.1. The summed E-state index contributed by atoms with van der Waals surface area (Å²) >= 11 is 0. The highest BCUT2D eigenvalue weighted by atomic mass is 32.2. The molecule has 0 saturated carbocycles. The van der Waals surface area contributed by atoms with Crippen molar-refractivity contribution >= 4 is 21.7 Å². The molecule has 158 valence electrons. The average molecular weight is 425 g/mol. The standard InChI is InChI=1S/C17H23F4N3O3S/c1-16(2,3)28(26,27)23-11-6-8-24(9-7-11)15(25)22-12-4-5-14(18)13(10-12)17(19,20)21/h4-5,10-11,23H,6-9H2,1-3H3,(H,22,25). The third-order valence-corrected chi connectivity index (χ3v) is 6.69. The highest BCUT2D eigenvalue weighted by molar-refractivity contribution is 7.90. The van der Waals surface area contributed by atoms with Gasteiger partial charge in [0, 0.05) is 24.8 Å². The smallest absolute Gasteiger partial charge is 0.324 e. The van der Waals surface area contributed by atoms with Crippen molar-refractivity contribution in [2.24, 2.45) is 0 Å². The number of urea groups is 1. The Kier molecular flexibility index (Phi) is 6.29. The van der Waals surface area contributed by atoms with Crippen molar-refractivity contribution in [1.29, 1.82) is 0 Å². The molecule has 0 bridgehead atoms. The summed E-state index contributed by atoms with van der Waals surface area (Å²) in [5, 5.41) is 2.32. The molecule has 1 aliphatic rings. The number of piperidine rings is 1. The van der Waals surface area contributed by atoms with Crippen LogP contribution in [0.4, 0.5) is 28.0 Å². The van der Waals surface area contributed by atoms with Crippen LogP contribution >= 0.6 is 0 Å². The summed E-state index contributed by atoms with van der Waals surface area (Å²) in [5.41, 5.74) is -1.63. The van der Waals surface area contributed by atoms with Crippen LogP contribution in [0.25, 0.3) is 0 Å². The topological polar surface area (TPSA) is 78.5 Å². The average Bonchev–Trinajstić information content (AvgIpc) is 2.54. The molecule has 0 aliphatic carbocycles. The first-order valence-electron chi connectivity index (χ1n) is 8.65. The van der Waals surface area contributed by atoms with Gasteiger partial charge in [0.2, 0.25) is 10.0 Å². The number of hydrogen-bond donors (Lipinski definition) is 2. The summed E-state index contributed by atoms with van der Waals surface area (Å²) in [6, 6.07) is 1.28. The Balaban J connectivity index is 1.96. The summed E-state index contributed by atoms with van der Waals surface area (Å²) in [4.78, 5) is 13.6. The minimum absolute atomic E-state index is 0.172. The molecule has 1 aliphatic heterocycles. The fraction of sp³-hybridized carbons (Fsp3) is 0.588. The maximum atomic E-state index is 13.3. The predicted octanol–water partition coefficient (Wildman–Crippen LogP) is 3.56. The molecular weight excluding hydrogens is 402 g/mol. The van der Waals surface area contributed by atoms with Gasteiger partial charge < -0.3 is 10.2 Å². The van der Waals surface area contributed by atoms with E-state index < -0.39 is 38.4 Å². The second kappa shape index (κ2) is 7.86. The second-order valence-electron chi connectivity index (χ2n) is 7.62. The molecule has 0 spiro atoms. The number of nitrogens with one attached hydrogen (secondary N) is 2. The van der Waals surface area contributed by atoms with E-state index >= 15 is 0 Å². The normalized spacial score (nSPS) is 16.9. The van der Waals surface area contributed by atoms with Crippen LogP contribution in [0.5, 0.6) is 0 Å². The van der Waals surface area contributed by atoms with Crippen LogP contribution in [0.3, 0.4) is 0 Å². The van der Waals surface area contributed by atoms with Gasteiger partial charge in [-0.05, 0) is 51.8 Å². The highest BCUT2D eigenvalue weighted by Crippen LogP contribution is 2.33. The van der Waals surface area contributed by atoms with E-state index in [1.807, 2.05) is 0 Å². The van der Waals surface area contributed by atoms with Crippen LogP contribution in [-0.2, 0) is 16.2 Å². The van der Waals surface area contributed by atoms with Gasteiger partial charge in [-0.15, -0.1) is 0 Å². The number of carbonyl (C=O) groups excluding carboxylic acids is 1. The van der Waals surface area contributed by atoms with E-state index in [1.165, 1.54) is 4.90 Å². The van der Waals surface area contributed by atoms with Gasteiger partial charge >= 0.3 is 12.2 Å². The number of alkyl halides is 3. The largest absolute Gasteiger partial charge is 0.419 e. The van der Waals surface area contributed by atoms with Gasteiger partial charge in [0.05, 0.1) is 10.3 Å². The number of sulfonamides is 1. The van der Waals surface area contributed by atoms with Crippen LogP contribution in [0, 0.1) is 5.82 Å². The molecule has 0 radical (unpaired) electrons. The minimum atomic E-state index is -4.87. The van der Waals surface area contributed by atoms with E-state index in [0.717, 1.165) is 6.07 Å². The van der Waals surface area contributed by atoms with Gasteiger partial charge in [-0.2, -0.15) is 13.2 Å². The van der Waals surface area contributed by atoms with E-state index in [9.17, 15) is 30.8 Å². The lowest BCUT2D eigenvalue weighted by Crippen LogP contribution is -2.50. The number of likely N-dealkylation sites (tertiary alicyclic amines) is 1. The quantitative estimate of drug-likeness (QED) is 0.727. The van der Waals surface area contributed by atoms with E-state index in [0.29, 0.717) is 25.0 Å². The number of hydrogen-bond acceptors (Lipinski definition) is 3. The minimum Gasteiger partial charge on any atom is -0.324 e. The first kappa shape index (κ1) is 22.4. The fourth-order valence-electron chi connectivity index (χ4n) is 2.62. The molecule has 28 heavy (non-hydrogen) atoms.